The quantitative estimate of drug-likeness (QED) is 0.544. The molecule has 0 rings (SSSR count). The molecule has 14 heavy (non-hydrogen) atoms. The van der Waals surface area contributed by atoms with E-state index < -0.39 is 12.7 Å². The number of hydrogen-bond donors (Lipinski definition) is 0. The van der Waals surface area contributed by atoms with Gasteiger partial charge in [0.25, 0.3) is 12.7 Å². The summed E-state index contributed by atoms with van der Waals surface area (Å²) >= 11 is 0. The Kier molecular flexibility index (Phi) is 9.19. The number of rotatable bonds is 9. The summed E-state index contributed by atoms with van der Waals surface area (Å²) in [6.45, 7) is 4.41. The van der Waals surface area contributed by atoms with Crippen LogP contribution in [0.25, 0.3) is 0 Å². The van der Waals surface area contributed by atoms with E-state index in [1.54, 1.807) is 0 Å². The van der Waals surface area contributed by atoms with Gasteiger partial charge in [-0.3, -0.25) is 0 Å². The molecule has 0 N–H and O–H groups in total. The van der Waals surface area contributed by atoms with Gasteiger partial charge in [-0.1, -0.05) is 26.7 Å². The van der Waals surface area contributed by atoms with Crippen molar-refractivity contribution in [2.75, 3.05) is 13.2 Å². The van der Waals surface area contributed by atoms with Crippen LogP contribution >= 0.6 is 0 Å². The maximum absolute atomic E-state index is 12.8. The van der Waals surface area contributed by atoms with E-state index >= 15 is 0 Å². The van der Waals surface area contributed by atoms with E-state index in [1.807, 2.05) is 13.8 Å². The predicted molar refractivity (Wildman–Crippen MR) is 51.5 cm³/mol. The van der Waals surface area contributed by atoms with Gasteiger partial charge in [0.1, 0.15) is 0 Å². The summed E-state index contributed by atoms with van der Waals surface area (Å²) < 4.78 is 34.9. The van der Waals surface area contributed by atoms with Crippen LogP contribution in [0.4, 0.5) is 8.78 Å². The Bertz CT molecular complexity index is 109. The summed E-state index contributed by atoms with van der Waals surface area (Å²) in [4.78, 5) is 0. The van der Waals surface area contributed by atoms with E-state index in [0.717, 1.165) is 25.7 Å². The van der Waals surface area contributed by atoms with E-state index in [1.165, 1.54) is 0 Å². The lowest BCUT2D eigenvalue weighted by Crippen LogP contribution is -2.24. The molecule has 0 amide bonds. The monoisotopic (exact) mass is 210 g/mol. The lowest BCUT2D eigenvalue weighted by atomic mass is 10.4. The molecule has 0 heterocycles. The van der Waals surface area contributed by atoms with Crippen molar-refractivity contribution in [3.05, 3.63) is 0 Å². The van der Waals surface area contributed by atoms with Gasteiger partial charge in [0.15, 0.2) is 0 Å². The van der Waals surface area contributed by atoms with Crippen molar-refractivity contribution in [2.45, 2.75) is 52.2 Å². The van der Waals surface area contributed by atoms with Gasteiger partial charge in [0, 0.05) is 0 Å². The lowest BCUT2D eigenvalue weighted by molar-refractivity contribution is -0.187. The van der Waals surface area contributed by atoms with Crippen molar-refractivity contribution in [1.82, 2.24) is 0 Å². The normalized spacial score (nSPS) is 15.4. The van der Waals surface area contributed by atoms with Crippen molar-refractivity contribution in [3.63, 3.8) is 0 Å². The number of unbranched alkanes of at least 4 members (excludes halogenated alkanes) is 2. The number of ether oxygens (including phenoxy) is 2. The van der Waals surface area contributed by atoms with E-state index in [-0.39, 0.29) is 13.2 Å². The van der Waals surface area contributed by atoms with Crippen LogP contribution in [0.3, 0.4) is 0 Å². The fraction of sp³-hybridized carbons (Fsp3) is 1.00. The van der Waals surface area contributed by atoms with Crippen LogP contribution in [0.1, 0.15) is 39.5 Å². The van der Waals surface area contributed by atoms with Gasteiger partial charge in [0.2, 0.25) is 0 Å². The summed E-state index contributed by atoms with van der Waals surface area (Å²) in [5.74, 6) is 0. The van der Waals surface area contributed by atoms with Gasteiger partial charge in [0.05, 0.1) is 13.2 Å². The third kappa shape index (κ3) is 7.21. The fourth-order valence-electron chi connectivity index (χ4n) is 0.832. The minimum Gasteiger partial charge on any atom is -0.344 e. The van der Waals surface area contributed by atoms with Gasteiger partial charge in [-0.2, -0.15) is 0 Å². The first-order chi connectivity index (χ1) is 6.72. The fourth-order valence-corrected chi connectivity index (χ4v) is 0.832. The van der Waals surface area contributed by atoms with Crippen LogP contribution in [-0.2, 0) is 9.47 Å². The molecule has 0 fully saturated rings. The second-order valence-corrected chi connectivity index (χ2v) is 3.15. The molecule has 0 aromatic heterocycles. The van der Waals surface area contributed by atoms with Gasteiger partial charge in [-0.25, -0.2) is 8.78 Å². The summed E-state index contributed by atoms with van der Waals surface area (Å²) in [5, 5.41) is 0. The molecule has 0 bridgehead atoms. The highest BCUT2D eigenvalue weighted by Gasteiger charge is 2.20. The Balaban J connectivity index is 3.39. The average molecular weight is 210 g/mol. The standard InChI is InChI=1S/C10H20F2O2/c1-3-5-7-13-9(11)10(12)14-8-6-4-2/h9-10H,3-8H2,1-2H3. The van der Waals surface area contributed by atoms with Crippen molar-refractivity contribution >= 4 is 0 Å². The molecule has 0 saturated heterocycles. The van der Waals surface area contributed by atoms with Crippen molar-refractivity contribution < 1.29 is 18.3 Å². The van der Waals surface area contributed by atoms with E-state index in [9.17, 15) is 8.78 Å². The summed E-state index contributed by atoms with van der Waals surface area (Å²) in [6, 6.07) is 0. The Morgan fingerprint density at radius 3 is 1.50 bits per heavy atom. The Morgan fingerprint density at radius 2 is 1.21 bits per heavy atom. The molecule has 2 unspecified atom stereocenters. The molecule has 0 spiro atoms. The molecule has 0 radical (unpaired) electrons. The Hall–Kier alpha value is -0.220. The molecule has 0 aromatic carbocycles. The molecule has 86 valence electrons. The molecule has 0 saturated carbocycles. The van der Waals surface area contributed by atoms with Crippen LogP contribution in [-0.4, -0.2) is 25.9 Å². The van der Waals surface area contributed by atoms with E-state index in [0.29, 0.717) is 0 Å². The highest BCUT2D eigenvalue weighted by Crippen LogP contribution is 2.09. The van der Waals surface area contributed by atoms with Crippen LogP contribution in [0.15, 0.2) is 0 Å². The largest absolute Gasteiger partial charge is 0.344 e. The summed E-state index contributed by atoms with van der Waals surface area (Å²) in [7, 11) is 0. The van der Waals surface area contributed by atoms with Crippen LogP contribution in [0, 0.1) is 0 Å². The first-order valence-corrected chi connectivity index (χ1v) is 5.23. The first-order valence-electron chi connectivity index (χ1n) is 5.23. The SMILES string of the molecule is CCCCOC(F)C(F)OCCCC. The minimum atomic E-state index is -1.95. The number of alkyl halides is 2. The topological polar surface area (TPSA) is 18.5 Å². The molecule has 0 aromatic rings. The second kappa shape index (κ2) is 9.34. The molecule has 4 heteroatoms. The molecule has 2 nitrogen and oxygen atoms in total. The van der Waals surface area contributed by atoms with Crippen LogP contribution in [0.5, 0.6) is 0 Å². The van der Waals surface area contributed by atoms with Crippen molar-refractivity contribution in [3.8, 4) is 0 Å². The van der Waals surface area contributed by atoms with Gasteiger partial charge >= 0.3 is 0 Å². The Labute approximate surface area is 84.6 Å². The molecule has 2 atom stereocenters. The number of halogens is 2. The molecule has 0 aliphatic heterocycles. The van der Waals surface area contributed by atoms with E-state index in [2.05, 4.69) is 9.47 Å². The minimum absolute atomic E-state index is 0.245. The zero-order valence-electron chi connectivity index (χ0n) is 8.97. The zero-order chi connectivity index (χ0) is 10.8. The van der Waals surface area contributed by atoms with Gasteiger partial charge < -0.3 is 9.47 Å². The summed E-state index contributed by atoms with van der Waals surface area (Å²) in [6.07, 6.45) is -0.609. The molecule has 0 aliphatic carbocycles. The average Bonchev–Trinajstić information content (AvgIpc) is 2.18. The van der Waals surface area contributed by atoms with Gasteiger partial charge in [-0.15, -0.1) is 0 Å². The maximum Gasteiger partial charge on any atom is 0.255 e. The zero-order valence-corrected chi connectivity index (χ0v) is 8.97. The Morgan fingerprint density at radius 1 is 0.857 bits per heavy atom. The second-order valence-electron chi connectivity index (χ2n) is 3.15. The van der Waals surface area contributed by atoms with Gasteiger partial charge in [-0.05, 0) is 12.8 Å². The molecule has 0 aliphatic rings. The van der Waals surface area contributed by atoms with Crippen molar-refractivity contribution in [1.29, 1.82) is 0 Å². The molecular formula is C10H20F2O2. The van der Waals surface area contributed by atoms with E-state index in [4.69, 9.17) is 0 Å². The lowest BCUT2D eigenvalue weighted by Gasteiger charge is -2.14. The highest BCUT2D eigenvalue weighted by molar-refractivity contribution is 4.47. The summed E-state index contributed by atoms with van der Waals surface area (Å²) in [5.41, 5.74) is 0. The highest BCUT2D eigenvalue weighted by atomic mass is 19.2. The van der Waals surface area contributed by atoms with Crippen LogP contribution in [0.2, 0.25) is 0 Å². The maximum atomic E-state index is 12.8. The first kappa shape index (κ1) is 13.8. The number of hydrogen-bond acceptors (Lipinski definition) is 2. The third-order valence-corrected chi connectivity index (χ3v) is 1.76. The third-order valence-electron chi connectivity index (χ3n) is 1.76. The molecular weight excluding hydrogens is 190 g/mol. The van der Waals surface area contributed by atoms with Crippen molar-refractivity contribution in [2.24, 2.45) is 0 Å². The predicted octanol–water partition coefficient (Wildman–Crippen LogP) is 3.21. The smallest absolute Gasteiger partial charge is 0.255 e. The van der Waals surface area contributed by atoms with Crippen LogP contribution < -0.4 is 0 Å².